The van der Waals surface area contributed by atoms with E-state index in [-0.39, 0.29) is 30.1 Å². The zero-order valence-corrected chi connectivity index (χ0v) is 24.5. The summed E-state index contributed by atoms with van der Waals surface area (Å²) in [6.07, 6.45) is 2.00. The van der Waals surface area contributed by atoms with Crippen LogP contribution in [0.5, 0.6) is 5.75 Å². The number of ketones is 5. The first-order valence-electron chi connectivity index (χ1n) is 14.5. The zero-order valence-electron chi connectivity index (χ0n) is 24.5. The van der Waals surface area contributed by atoms with Crippen molar-refractivity contribution in [1.29, 1.82) is 0 Å². The largest absolute Gasteiger partial charge is 0.507 e. The molecule has 0 heterocycles. The molecule has 0 bridgehead atoms. The average Bonchev–Trinajstić information content (AvgIpc) is 2.86. The number of phenols is 1. The summed E-state index contributed by atoms with van der Waals surface area (Å²) in [6.45, 7) is 10.1. The molecule has 2 aromatic carbocycles. The monoisotopic (exact) mass is 558 g/mol. The van der Waals surface area contributed by atoms with Gasteiger partial charge in [0.1, 0.15) is 17.5 Å². The highest BCUT2D eigenvalue weighted by Gasteiger charge is 2.76. The van der Waals surface area contributed by atoms with Gasteiger partial charge in [0.05, 0.1) is 11.5 Å². The maximum absolute atomic E-state index is 14.4. The van der Waals surface area contributed by atoms with Crippen molar-refractivity contribution in [2.45, 2.75) is 72.8 Å². The van der Waals surface area contributed by atoms with Gasteiger partial charge in [-0.25, -0.2) is 0 Å². The van der Waals surface area contributed by atoms with Gasteiger partial charge in [-0.05, 0) is 65.8 Å². The lowest BCUT2D eigenvalue weighted by molar-refractivity contribution is -0.205. The number of aryl methyl sites for hydroxylation is 1. The zero-order chi connectivity index (χ0) is 30.2. The third-order valence-corrected chi connectivity index (χ3v) is 10.1. The summed E-state index contributed by atoms with van der Waals surface area (Å²) in [4.78, 5) is 68.6. The third kappa shape index (κ3) is 3.77. The average molecular weight is 559 g/mol. The van der Waals surface area contributed by atoms with Gasteiger partial charge in [-0.1, -0.05) is 71.4 Å². The lowest BCUT2D eigenvalue weighted by Crippen LogP contribution is -2.76. The van der Waals surface area contributed by atoms with Crippen LogP contribution in [-0.2, 0) is 32.0 Å². The Hall–Kier alpha value is -3.45. The van der Waals surface area contributed by atoms with Gasteiger partial charge in [0.2, 0.25) is 0 Å². The molecule has 3 unspecified atom stereocenters. The highest BCUT2D eigenvalue weighted by atomic mass is 16.3. The SMILES string of the molecule is CCCc1ccccc1-c1ccc(O)c2c1C[C@]1(C)C[C@]3(C)C(C(C)C)C(=O)C(C(C)=O)C(=O)[C@]3(O)C(=O)C1C2=O. The fourth-order valence-electron chi connectivity index (χ4n) is 8.66. The molecule has 0 aromatic heterocycles. The molecule has 3 aliphatic carbocycles. The van der Waals surface area contributed by atoms with Crippen molar-refractivity contribution in [3.63, 3.8) is 0 Å². The smallest absolute Gasteiger partial charge is 0.190 e. The molecule has 2 aromatic rings. The summed E-state index contributed by atoms with van der Waals surface area (Å²) in [7, 11) is 0. The number of rotatable bonds is 5. The van der Waals surface area contributed by atoms with Crippen molar-refractivity contribution in [2.75, 3.05) is 0 Å². The number of carbonyl (C=O) groups excluding carboxylic acids is 5. The number of aliphatic hydroxyl groups is 1. The predicted molar refractivity (Wildman–Crippen MR) is 152 cm³/mol. The van der Waals surface area contributed by atoms with E-state index in [4.69, 9.17) is 0 Å². The summed E-state index contributed by atoms with van der Waals surface area (Å²) in [5.41, 5.74) is -1.79. The van der Waals surface area contributed by atoms with Gasteiger partial charge >= 0.3 is 0 Å². The molecular formula is C34H38O7. The first-order chi connectivity index (χ1) is 19.2. The molecule has 0 radical (unpaired) electrons. The quantitative estimate of drug-likeness (QED) is 0.509. The third-order valence-electron chi connectivity index (χ3n) is 10.1. The van der Waals surface area contributed by atoms with Crippen molar-refractivity contribution in [3.05, 3.63) is 53.1 Å². The maximum atomic E-state index is 14.4. The van der Waals surface area contributed by atoms with Crippen LogP contribution in [0.25, 0.3) is 11.1 Å². The van der Waals surface area contributed by atoms with Gasteiger partial charge in [0.15, 0.2) is 28.7 Å². The summed E-state index contributed by atoms with van der Waals surface area (Å²) in [5, 5.41) is 23.1. The Kier molecular flexibility index (Phi) is 6.77. The Labute approximate surface area is 240 Å². The van der Waals surface area contributed by atoms with Gasteiger partial charge in [0, 0.05) is 11.3 Å². The van der Waals surface area contributed by atoms with Crippen LogP contribution < -0.4 is 0 Å². The lowest BCUT2D eigenvalue weighted by Gasteiger charge is -2.61. The molecule has 7 nitrogen and oxygen atoms in total. The van der Waals surface area contributed by atoms with E-state index >= 15 is 0 Å². The van der Waals surface area contributed by atoms with Crippen LogP contribution in [0.15, 0.2) is 36.4 Å². The minimum atomic E-state index is -2.69. The van der Waals surface area contributed by atoms with E-state index in [1.54, 1.807) is 33.8 Å². The first-order valence-corrected chi connectivity index (χ1v) is 14.5. The van der Waals surface area contributed by atoms with Gasteiger partial charge in [-0.15, -0.1) is 0 Å². The number of hydrogen-bond acceptors (Lipinski definition) is 7. The topological polar surface area (TPSA) is 126 Å². The second kappa shape index (κ2) is 9.55. The minimum Gasteiger partial charge on any atom is -0.507 e. The Morgan fingerprint density at radius 1 is 1.00 bits per heavy atom. The molecule has 0 spiro atoms. The lowest BCUT2D eigenvalue weighted by atomic mass is 9.40. The van der Waals surface area contributed by atoms with Crippen molar-refractivity contribution in [1.82, 2.24) is 0 Å². The number of Topliss-reactive ketones (excluding diaryl/α,β-unsaturated/α-hetero) is 5. The van der Waals surface area contributed by atoms with Gasteiger partial charge in [0.25, 0.3) is 0 Å². The molecule has 3 aliphatic rings. The van der Waals surface area contributed by atoms with Crippen LogP contribution in [0.3, 0.4) is 0 Å². The number of aromatic hydroxyl groups is 1. The van der Waals surface area contributed by atoms with E-state index in [2.05, 4.69) is 6.92 Å². The highest BCUT2D eigenvalue weighted by Crippen LogP contribution is 2.64. The van der Waals surface area contributed by atoms with E-state index in [1.807, 2.05) is 24.3 Å². The number of phenolic OH excluding ortho intramolecular Hbond substituents is 1. The van der Waals surface area contributed by atoms with E-state index in [0.717, 1.165) is 36.5 Å². The van der Waals surface area contributed by atoms with Crippen LogP contribution in [0.1, 0.15) is 75.9 Å². The minimum absolute atomic E-state index is 0.0275. The van der Waals surface area contributed by atoms with Crippen LogP contribution in [0.2, 0.25) is 0 Å². The second-order valence-corrected chi connectivity index (χ2v) is 13.2. The maximum Gasteiger partial charge on any atom is 0.190 e. The van der Waals surface area contributed by atoms with E-state index in [0.29, 0.717) is 5.56 Å². The predicted octanol–water partition coefficient (Wildman–Crippen LogP) is 4.71. The van der Waals surface area contributed by atoms with Crippen LogP contribution >= 0.6 is 0 Å². The van der Waals surface area contributed by atoms with Crippen LogP contribution in [0.4, 0.5) is 0 Å². The summed E-state index contributed by atoms with van der Waals surface area (Å²) in [5.74, 6) is -8.82. The number of carbonyl (C=O) groups is 5. The molecule has 2 saturated carbocycles. The summed E-state index contributed by atoms with van der Waals surface area (Å²) >= 11 is 0. The number of fused-ring (bicyclic) bond motifs is 3. The summed E-state index contributed by atoms with van der Waals surface area (Å²) in [6, 6.07) is 11.2. The summed E-state index contributed by atoms with van der Waals surface area (Å²) < 4.78 is 0. The molecule has 0 amide bonds. The molecule has 5 rings (SSSR count). The fourth-order valence-corrected chi connectivity index (χ4v) is 8.66. The molecule has 41 heavy (non-hydrogen) atoms. The van der Waals surface area contributed by atoms with Crippen molar-refractivity contribution >= 4 is 28.9 Å². The second-order valence-electron chi connectivity index (χ2n) is 13.2. The Morgan fingerprint density at radius 2 is 1.66 bits per heavy atom. The molecule has 0 saturated heterocycles. The van der Waals surface area contributed by atoms with Crippen LogP contribution in [-0.4, -0.2) is 44.7 Å². The number of benzene rings is 2. The molecule has 2 N–H and O–H groups in total. The Morgan fingerprint density at radius 3 is 2.27 bits per heavy atom. The number of hydrogen-bond donors (Lipinski definition) is 2. The van der Waals surface area contributed by atoms with Crippen molar-refractivity contribution < 1.29 is 34.2 Å². The molecule has 216 valence electrons. The van der Waals surface area contributed by atoms with Crippen molar-refractivity contribution in [3.8, 4) is 16.9 Å². The van der Waals surface area contributed by atoms with Gasteiger partial charge in [-0.2, -0.15) is 0 Å². The van der Waals surface area contributed by atoms with Crippen LogP contribution in [0, 0.1) is 34.5 Å². The molecule has 7 heteroatoms. The highest BCUT2D eigenvalue weighted by molar-refractivity contribution is 6.32. The van der Waals surface area contributed by atoms with E-state index in [1.165, 1.54) is 6.07 Å². The van der Waals surface area contributed by atoms with E-state index < -0.39 is 63.1 Å². The van der Waals surface area contributed by atoms with Crippen molar-refractivity contribution in [2.24, 2.45) is 34.5 Å². The normalized spacial score (nSPS) is 32.9. The fraction of sp³-hybridized carbons (Fsp3) is 0.500. The van der Waals surface area contributed by atoms with Gasteiger partial charge < -0.3 is 10.2 Å². The van der Waals surface area contributed by atoms with E-state index in [9.17, 15) is 34.2 Å². The first kappa shape index (κ1) is 29.1. The molecule has 6 atom stereocenters. The molecular weight excluding hydrogens is 520 g/mol. The molecule has 0 aliphatic heterocycles. The Bertz CT molecular complexity index is 1520. The Balaban J connectivity index is 1.75. The standard InChI is InChI=1S/C34H38O7/c1-7-10-19-11-8-9-12-20(19)21-13-14-23(36)25-22(21)15-32(5)16-33(6)26(17(2)3)28(37)24(18(4)35)30(39)34(33,41)31(40)27(32)29(25)38/h8-9,11-14,17,24,26-27,36,41H,7,10,15-16H2,1-6H3/t24?,26?,27?,32-,33-,34+/m1/s1. The molecule has 2 fully saturated rings. The van der Waals surface area contributed by atoms with Gasteiger partial charge in [-0.3, -0.25) is 24.0 Å².